The van der Waals surface area contributed by atoms with Crippen LogP contribution in [-0.2, 0) is 10.0 Å². The normalized spacial score (nSPS) is 11.5. The zero-order valence-electron chi connectivity index (χ0n) is 18.3. The van der Waals surface area contributed by atoms with E-state index in [2.05, 4.69) is 4.72 Å². The standard InChI is InChI=1S/C25H24N2O4S/c1-16-5-8-20(9-6-16)27-17(2)25(18(3)28)23-15-19(7-14-24(23)27)26-32(29,30)22-12-10-21(31-4)11-13-22/h5-15,26H,1-4H3. The second kappa shape index (κ2) is 8.16. The van der Waals surface area contributed by atoms with Crippen LogP contribution in [0.15, 0.2) is 71.6 Å². The van der Waals surface area contributed by atoms with Gasteiger partial charge >= 0.3 is 0 Å². The first kappa shape index (κ1) is 21.6. The molecule has 0 bridgehead atoms. The number of methoxy groups -OCH3 is 1. The van der Waals surface area contributed by atoms with Crippen LogP contribution in [0, 0.1) is 13.8 Å². The number of sulfonamides is 1. The van der Waals surface area contributed by atoms with Gasteiger partial charge in [-0.1, -0.05) is 17.7 Å². The van der Waals surface area contributed by atoms with Crippen molar-refractivity contribution in [2.45, 2.75) is 25.7 Å². The van der Waals surface area contributed by atoms with Gasteiger partial charge in [0.1, 0.15) is 5.75 Å². The number of fused-ring (bicyclic) bond motifs is 1. The van der Waals surface area contributed by atoms with Crippen molar-refractivity contribution in [1.82, 2.24) is 4.57 Å². The first-order valence-corrected chi connectivity index (χ1v) is 11.6. The van der Waals surface area contributed by atoms with Crippen LogP contribution >= 0.6 is 0 Å². The number of nitrogens with one attached hydrogen (secondary N) is 1. The molecule has 0 aliphatic heterocycles. The maximum atomic E-state index is 12.9. The van der Waals surface area contributed by atoms with E-state index >= 15 is 0 Å². The van der Waals surface area contributed by atoms with Crippen LogP contribution in [0.1, 0.15) is 28.5 Å². The third kappa shape index (κ3) is 3.87. The van der Waals surface area contributed by atoms with E-state index in [1.807, 2.05) is 48.7 Å². The summed E-state index contributed by atoms with van der Waals surface area (Å²) in [6.45, 7) is 5.44. The Hall–Kier alpha value is -3.58. The fraction of sp³-hybridized carbons (Fsp3) is 0.160. The largest absolute Gasteiger partial charge is 0.497 e. The van der Waals surface area contributed by atoms with Gasteiger partial charge in [0.05, 0.1) is 17.5 Å². The molecule has 0 aliphatic rings. The van der Waals surface area contributed by atoms with E-state index in [9.17, 15) is 13.2 Å². The Morgan fingerprint density at radius 3 is 2.19 bits per heavy atom. The minimum Gasteiger partial charge on any atom is -0.497 e. The second-order valence-corrected chi connectivity index (χ2v) is 9.38. The lowest BCUT2D eigenvalue weighted by Crippen LogP contribution is -2.12. The van der Waals surface area contributed by atoms with E-state index < -0.39 is 10.0 Å². The average molecular weight is 449 g/mol. The van der Waals surface area contributed by atoms with Gasteiger partial charge in [-0.25, -0.2) is 8.42 Å². The number of Topliss-reactive ketones (excluding diaryl/α,β-unsaturated/α-hetero) is 1. The number of anilines is 1. The third-order valence-electron chi connectivity index (χ3n) is 5.47. The van der Waals surface area contributed by atoms with Gasteiger partial charge in [0.25, 0.3) is 10.0 Å². The fourth-order valence-electron chi connectivity index (χ4n) is 3.92. The van der Waals surface area contributed by atoms with E-state index in [4.69, 9.17) is 4.74 Å². The number of aromatic nitrogens is 1. The Bertz CT molecular complexity index is 1420. The predicted molar refractivity (Wildman–Crippen MR) is 127 cm³/mol. The van der Waals surface area contributed by atoms with Gasteiger partial charge in [-0.3, -0.25) is 9.52 Å². The number of nitrogens with zero attached hydrogens (tertiary/aromatic N) is 1. The predicted octanol–water partition coefficient (Wildman–Crippen LogP) is 5.26. The summed E-state index contributed by atoms with van der Waals surface area (Å²) < 4.78 is 35.4. The number of ketones is 1. The minimum absolute atomic E-state index is 0.0754. The Labute approximate surface area is 187 Å². The molecule has 1 heterocycles. The molecule has 0 fully saturated rings. The summed E-state index contributed by atoms with van der Waals surface area (Å²) in [6, 6.07) is 19.5. The lowest BCUT2D eigenvalue weighted by molar-refractivity contribution is 0.101. The first-order chi connectivity index (χ1) is 15.2. The summed E-state index contributed by atoms with van der Waals surface area (Å²) in [5, 5.41) is 0.700. The monoisotopic (exact) mass is 448 g/mol. The summed E-state index contributed by atoms with van der Waals surface area (Å²) in [7, 11) is -2.28. The van der Waals surface area contributed by atoms with Gasteiger partial charge in [0, 0.05) is 28.0 Å². The van der Waals surface area contributed by atoms with E-state index in [0.717, 1.165) is 22.5 Å². The van der Waals surface area contributed by atoms with Crippen molar-refractivity contribution in [3.05, 3.63) is 83.6 Å². The Balaban J connectivity index is 1.80. The van der Waals surface area contributed by atoms with Gasteiger partial charge < -0.3 is 9.30 Å². The molecule has 0 atom stereocenters. The molecule has 4 rings (SSSR count). The summed E-state index contributed by atoms with van der Waals surface area (Å²) in [6.07, 6.45) is 0. The molecular weight excluding hydrogens is 424 g/mol. The van der Waals surface area contributed by atoms with Crippen LogP contribution < -0.4 is 9.46 Å². The molecule has 0 aliphatic carbocycles. The molecule has 0 saturated carbocycles. The van der Waals surface area contributed by atoms with Crippen molar-refractivity contribution >= 4 is 32.4 Å². The van der Waals surface area contributed by atoms with Crippen LogP contribution in [0.25, 0.3) is 16.6 Å². The summed E-state index contributed by atoms with van der Waals surface area (Å²) >= 11 is 0. The number of carbonyl (C=O) groups is 1. The average Bonchev–Trinajstić information content (AvgIpc) is 3.05. The number of hydrogen-bond donors (Lipinski definition) is 1. The molecule has 3 aromatic carbocycles. The molecule has 32 heavy (non-hydrogen) atoms. The minimum atomic E-state index is -3.80. The van der Waals surface area contributed by atoms with Crippen molar-refractivity contribution in [3.63, 3.8) is 0 Å². The Morgan fingerprint density at radius 2 is 1.59 bits per heavy atom. The van der Waals surface area contributed by atoms with Crippen molar-refractivity contribution in [2.24, 2.45) is 0 Å². The van der Waals surface area contributed by atoms with E-state index in [-0.39, 0.29) is 10.7 Å². The van der Waals surface area contributed by atoms with Crippen molar-refractivity contribution in [2.75, 3.05) is 11.8 Å². The maximum Gasteiger partial charge on any atom is 0.261 e. The van der Waals surface area contributed by atoms with E-state index in [1.54, 1.807) is 24.3 Å². The second-order valence-electron chi connectivity index (χ2n) is 7.70. The van der Waals surface area contributed by atoms with Crippen LogP contribution in [0.5, 0.6) is 5.75 Å². The van der Waals surface area contributed by atoms with Crippen molar-refractivity contribution in [3.8, 4) is 11.4 Å². The van der Waals surface area contributed by atoms with Crippen LogP contribution in [0.2, 0.25) is 0 Å². The molecule has 0 radical (unpaired) electrons. The third-order valence-corrected chi connectivity index (χ3v) is 6.87. The topological polar surface area (TPSA) is 77.4 Å². The smallest absolute Gasteiger partial charge is 0.261 e. The highest BCUT2D eigenvalue weighted by molar-refractivity contribution is 7.92. The molecule has 7 heteroatoms. The zero-order chi connectivity index (χ0) is 23.0. The van der Waals surface area contributed by atoms with E-state index in [1.165, 1.54) is 26.2 Å². The lowest BCUT2D eigenvalue weighted by atomic mass is 10.1. The number of rotatable bonds is 6. The van der Waals surface area contributed by atoms with Crippen molar-refractivity contribution in [1.29, 1.82) is 0 Å². The molecule has 164 valence electrons. The number of benzene rings is 3. The Kier molecular flexibility index (Phi) is 5.52. The van der Waals surface area contributed by atoms with Gasteiger partial charge in [0.15, 0.2) is 5.78 Å². The fourth-order valence-corrected chi connectivity index (χ4v) is 4.97. The van der Waals surface area contributed by atoms with Gasteiger partial charge in [-0.2, -0.15) is 0 Å². The quantitative estimate of drug-likeness (QED) is 0.408. The summed E-state index contributed by atoms with van der Waals surface area (Å²) in [4.78, 5) is 12.6. The van der Waals surface area contributed by atoms with Crippen LogP contribution in [-0.4, -0.2) is 25.9 Å². The maximum absolute atomic E-state index is 12.9. The zero-order valence-corrected chi connectivity index (χ0v) is 19.2. The SMILES string of the molecule is COc1ccc(S(=O)(=O)Nc2ccc3c(c2)c(C(C)=O)c(C)n3-c2ccc(C)cc2)cc1. The molecule has 0 spiro atoms. The Morgan fingerprint density at radius 1 is 0.938 bits per heavy atom. The number of aryl methyl sites for hydroxylation is 1. The highest BCUT2D eigenvalue weighted by Gasteiger charge is 2.20. The molecular formula is C25H24N2O4S. The lowest BCUT2D eigenvalue weighted by Gasteiger charge is -2.11. The number of ether oxygens (including phenoxy) is 1. The van der Waals surface area contributed by atoms with Gasteiger partial charge in [0.2, 0.25) is 0 Å². The van der Waals surface area contributed by atoms with Crippen LogP contribution in [0.3, 0.4) is 0 Å². The number of carbonyl (C=O) groups excluding carboxylic acids is 1. The molecule has 1 aromatic heterocycles. The molecule has 0 saturated heterocycles. The van der Waals surface area contributed by atoms with Crippen LogP contribution in [0.4, 0.5) is 5.69 Å². The molecule has 4 aromatic rings. The van der Waals surface area contributed by atoms with Crippen molar-refractivity contribution < 1.29 is 17.9 Å². The summed E-state index contributed by atoms with van der Waals surface area (Å²) in [5.74, 6) is 0.498. The number of hydrogen-bond acceptors (Lipinski definition) is 4. The first-order valence-electron chi connectivity index (χ1n) is 10.1. The molecule has 1 N–H and O–H groups in total. The highest BCUT2D eigenvalue weighted by atomic mass is 32.2. The van der Waals surface area contributed by atoms with Gasteiger partial charge in [-0.15, -0.1) is 0 Å². The molecule has 0 amide bonds. The molecule has 6 nitrogen and oxygen atoms in total. The van der Waals surface area contributed by atoms with Gasteiger partial charge in [-0.05, 0) is 75.4 Å². The van der Waals surface area contributed by atoms with E-state index in [0.29, 0.717) is 22.4 Å². The molecule has 0 unspecified atom stereocenters. The highest BCUT2D eigenvalue weighted by Crippen LogP contribution is 2.32. The summed E-state index contributed by atoms with van der Waals surface area (Å²) in [5.41, 5.74) is 4.69.